The van der Waals surface area contributed by atoms with E-state index in [4.69, 9.17) is 10.5 Å². The van der Waals surface area contributed by atoms with Gasteiger partial charge in [0, 0.05) is 7.05 Å². The summed E-state index contributed by atoms with van der Waals surface area (Å²) in [6, 6.07) is 14.9. The van der Waals surface area contributed by atoms with Crippen LogP contribution in [0.5, 0.6) is 5.75 Å². The Morgan fingerprint density at radius 2 is 1.83 bits per heavy atom. The van der Waals surface area contributed by atoms with Gasteiger partial charge >= 0.3 is 0 Å². The minimum absolute atomic E-state index is 0.128. The molecule has 2 aromatic carbocycles. The van der Waals surface area contributed by atoms with Crippen molar-refractivity contribution >= 4 is 5.91 Å². The molecule has 2 N–H and O–H groups in total. The first kappa shape index (κ1) is 17.0. The molecule has 4 nitrogen and oxygen atoms in total. The van der Waals surface area contributed by atoms with Crippen LogP contribution in [0.25, 0.3) is 0 Å². The van der Waals surface area contributed by atoms with Crippen molar-refractivity contribution in [1.82, 2.24) is 4.90 Å². The molecule has 0 heterocycles. The summed E-state index contributed by atoms with van der Waals surface area (Å²) in [6.07, 6.45) is 0.503. The molecule has 1 atom stereocenters. The average molecular weight is 316 g/mol. The number of rotatable bonds is 7. The van der Waals surface area contributed by atoms with Crippen molar-refractivity contribution in [1.29, 1.82) is 0 Å². The molecular formula is C18H21FN2O2. The van der Waals surface area contributed by atoms with Crippen molar-refractivity contribution in [3.05, 3.63) is 66.0 Å². The summed E-state index contributed by atoms with van der Waals surface area (Å²) in [7, 11) is 1.70. The lowest BCUT2D eigenvalue weighted by Crippen LogP contribution is -2.44. The Balaban J connectivity index is 1.76. The van der Waals surface area contributed by atoms with Crippen LogP contribution in [-0.2, 0) is 11.2 Å². The molecule has 0 radical (unpaired) electrons. The van der Waals surface area contributed by atoms with Crippen LogP contribution in [0.1, 0.15) is 5.56 Å². The van der Waals surface area contributed by atoms with Crippen LogP contribution < -0.4 is 10.5 Å². The largest absolute Gasteiger partial charge is 0.492 e. The van der Waals surface area contributed by atoms with Gasteiger partial charge in [0.1, 0.15) is 18.2 Å². The molecule has 0 aliphatic rings. The van der Waals surface area contributed by atoms with Crippen LogP contribution in [0.15, 0.2) is 54.6 Å². The van der Waals surface area contributed by atoms with Gasteiger partial charge in [0.05, 0.1) is 12.6 Å². The maximum atomic E-state index is 12.8. The molecule has 122 valence electrons. The Morgan fingerprint density at radius 3 is 2.48 bits per heavy atom. The monoisotopic (exact) mass is 316 g/mol. The van der Waals surface area contributed by atoms with Crippen molar-refractivity contribution in [3.8, 4) is 5.75 Å². The summed E-state index contributed by atoms with van der Waals surface area (Å²) in [5.74, 6) is 0.133. The van der Waals surface area contributed by atoms with Crippen molar-refractivity contribution < 1.29 is 13.9 Å². The number of nitrogens with two attached hydrogens (primary N) is 1. The van der Waals surface area contributed by atoms with Gasteiger partial charge in [-0.2, -0.15) is 0 Å². The normalized spacial score (nSPS) is 11.8. The van der Waals surface area contributed by atoms with E-state index in [1.54, 1.807) is 24.1 Å². The number of likely N-dealkylation sites (N-methyl/N-ethyl adjacent to an activating group) is 1. The summed E-state index contributed by atoms with van der Waals surface area (Å²) in [5.41, 5.74) is 7.01. The van der Waals surface area contributed by atoms with E-state index < -0.39 is 6.04 Å². The van der Waals surface area contributed by atoms with Crippen LogP contribution >= 0.6 is 0 Å². The molecule has 0 spiro atoms. The Labute approximate surface area is 135 Å². The molecule has 1 amide bonds. The number of carbonyl (C=O) groups is 1. The molecule has 23 heavy (non-hydrogen) atoms. The molecular weight excluding hydrogens is 295 g/mol. The third-order valence-electron chi connectivity index (χ3n) is 3.50. The lowest BCUT2D eigenvalue weighted by Gasteiger charge is -2.21. The van der Waals surface area contributed by atoms with E-state index in [9.17, 15) is 9.18 Å². The summed E-state index contributed by atoms with van der Waals surface area (Å²) in [6.45, 7) is 0.741. The number of hydrogen-bond acceptors (Lipinski definition) is 3. The first-order chi connectivity index (χ1) is 11.1. The van der Waals surface area contributed by atoms with Gasteiger partial charge in [0.2, 0.25) is 5.91 Å². The highest BCUT2D eigenvalue weighted by atomic mass is 19.1. The van der Waals surface area contributed by atoms with Gasteiger partial charge in [-0.1, -0.05) is 30.3 Å². The fraction of sp³-hybridized carbons (Fsp3) is 0.278. The van der Waals surface area contributed by atoms with Crippen LogP contribution in [0.4, 0.5) is 4.39 Å². The second-order valence-corrected chi connectivity index (χ2v) is 5.36. The Morgan fingerprint density at radius 1 is 1.17 bits per heavy atom. The number of ether oxygens (including phenoxy) is 1. The second-order valence-electron chi connectivity index (χ2n) is 5.36. The standard InChI is InChI=1S/C18H21FN2O2/c1-21(11-12-23-16-9-7-15(19)8-10-16)18(22)17(20)13-14-5-3-2-4-6-14/h2-10,17H,11-13,20H2,1H3/t17-/m0/s1. The highest BCUT2D eigenvalue weighted by molar-refractivity contribution is 5.81. The molecule has 2 aromatic rings. The molecule has 0 unspecified atom stereocenters. The van der Waals surface area contributed by atoms with Crippen molar-refractivity contribution in [2.75, 3.05) is 20.2 Å². The van der Waals surface area contributed by atoms with Gasteiger partial charge in [-0.25, -0.2) is 4.39 Å². The first-order valence-electron chi connectivity index (χ1n) is 7.49. The topological polar surface area (TPSA) is 55.6 Å². The lowest BCUT2D eigenvalue weighted by molar-refractivity contribution is -0.131. The number of hydrogen-bond donors (Lipinski definition) is 1. The number of carbonyl (C=O) groups excluding carboxylic acids is 1. The van der Waals surface area contributed by atoms with E-state index >= 15 is 0 Å². The van der Waals surface area contributed by atoms with Crippen molar-refractivity contribution in [2.24, 2.45) is 5.73 Å². The van der Waals surface area contributed by atoms with Crippen molar-refractivity contribution in [3.63, 3.8) is 0 Å². The van der Waals surface area contributed by atoms with Crippen LogP contribution in [0.2, 0.25) is 0 Å². The van der Waals surface area contributed by atoms with E-state index in [0.29, 0.717) is 25.3 Å². The van der Waals surface area contributed by atoms with E-state index in [1.807, 2.05) is 30.3 Å². The van der Waals surface area contributed by atoms with E-state index in [1.165, 1.54) is 12.1 Å². The molecule has 2 rings (SSSR count). The van der Waals surface area contributed by atoms with Gasteiger partial charge in [-0.3, -0.25) is 4.79 Å². The zero-order chi connectivity index (χ0) is 16.7. The van der Waals surface area contributed by atoms with Crippen LogP contribution in [0.3, 0.4) is 0 Å². The average Bonchev–Trinajstić information content (AvgIpc) is 2.56. The zero-order valence-electron chi connectivity index (χ0n) is 13.1. The molecule has 0 aliphatic heterocycles. The predicted molar refractivity (Wildman–Crippen MR) is 87.7 cm³/mol. The molecule has 0 aromatic heterocycles. The molecule has 0 aliphatic carbocycles. The van der Waals surface area contributed by atoms with Crippen LogP contribution in [-0.4, -0.2) is 37.0 Å². The zero-order valence-corrected chi connectivity index (χ0v) is 13.1. The van der Waals surface area contributed by atoms with Gasteiger partial charge in [-0.05, 0) is 36.2 Å². The lowest BCUT2D eigenvalue weighted by atomic mass is 10.1. The fourth-order valence-electron chi connectivity index (χ4n) is 2.18. The van der Waals surface area contributed by atoms with Gasteiger partial charge < -0.3 is 15.4 Å². The SMILES string of the molecule is CN(CCOc1ccc(F)cc1)C(=O)[C@@H](N)Cc1ccccc1. The highest BCUT2D eigenvalue weighted by Gasteiger charge is 2.18. The number of benzene rings is 2. The highest BCUT2D eigenvalue weighted by Crippen LogP contribution is 2.11. The van der Waals surface area contributed by atoms with E-state index in [-0.39, 0.29) is 11.7 Å². The number of nitrogens with zero attached hydrogens (tertiary/aromatic N) is 1. The number of amides is 1. The maximum Gasteiger partial charge on any atom is 0.239 e. The molecule has 0 saturated carbocycles. The minimum Gasteiger partial charge on any atom is -0.492 e. The van der Waals surface area contributed by atoms with Gasteiger partial charge in [-0.15, -0.1) is 0 Å². The minimum atomic E-state index is -0.576. The molecule has 0 bridgehead atoms. The predicted octanol–water partition coefficient (Wildman–Crippen LogP) is 2.23. The molecule has 0 fully saturated rings. The van der Waals surface area contributed by atoms with E-state index in [0.717, 1.165) is 5.56 Å². The summed E-state index contributed by atoms with van der Waals surface area (Å²) in [5, 5.41) is 0. The molecule has 5 heteroatoms. The third kappa shape index (κ3) is 5.38. The second kappa shape index (κ2) is 8.29. The Kier molecular flexibility index (Phi) is 6.11. The maximum absolute atomic E-state index is 12.8. The van der Waals surface area contributed by atoms with Crippen molar-refractivity contribution in [2.45, 2.75) is 12.5 Å². The van der Waals surface area contributed by atoms with E-state index in [2.05, 4.69) is 0 Å². The Hall–Kier alpha value is -2.40. The molecule has 0 saturated heterocycles. The van der Waals surface area contributed by atoms with Gasteiger partial charge in [0.25, 0.3) is 0 Å². The third-order valence-corrected chi connectivity index (χ3v) is 3.50. The fourth-order valence-corrected chi connectivity index (χ4v) is 2.18. The number of halogens is 1. The Bertz CT molecular complexity index is 617. The summed E-state index contributed by atoms with van der Waals surface area (Å²) in [4.78, 5) is 13.8. The quantitative estimate of drug-likeness (QED) is 0.852. The van der Waals surface area contributed by atoms with Crippen LogP contribution in [0, 0.1) is 5.82 Å². The first-order valence-corrected chi connectivity index (χ1v) is 7.49. The van der Waals surface area contributed by atoms with Gasteiger partial charge in [0.15, 0.2) is 0 Å². The smallest absolute Gasteiger partial charge is 0.239 e. The summed E-state index contributed by atoms with van der Waals surface area (Å²) >= 11 is 0. The summed E-state index contributed by atoms with van der Waals surface area (Å²) < 4.78 is 18.3.